The van der Waals surface area contributed by atoms with Gasteiger partial charge in [-0.15, -0.1) is 0 Å². The standard InChI is InChI=1S/C9H13FNOP/c1-4-13(3,12)9-6-5-8(10)7(2)11-9/h5-6H,4H2,1-3H3. The molecule has 0 N–H and O–H groups in total. The summed E-state index contributed by atoms with van der Waals surface area (Å²) in [7, 11) is -2.35. The maximum Gasteiger partial charge on any atom is 0.144 e. The van der Waals surface area contributed by atoms with Crippen LogP contribution in [0.2, 0.25) is 0 Å². The van der Waals surface area contributed by atoms with Crippen LogP contribution < -0.4 is 5.44 Å². The monoisotopic (exact) mass is 201 g/mol. The lowest BCUT2D eigenvalue weighted by atomic mass is 10.4. The first-order valence-corrected chi connectivity index (χ1v) is 6.51. The Kier molecular flexibility index (Phi) is 2.87. The van der Waals surface area contributed by atoms with Gasteiger partial charge in [0, 0.05) is 6.16 Å². The first kappa shape index (κ1) is 10.4. The molecule has 0 bridgehead atoms. The molecular weight excluding hydrogens is 188 g/mol. The van der Waals surface area contributed by atoms with Gasteiger partial charge in [0.25, 0.3) is 0 Å². The Morgan fingerprint density at radius 2 is 2.15 bits per heavy atom. The zero-order chi connectivity index (χ0) is 10.1. The molecule has 0 spiro atoms. The van der Waals surface area contributed by atoms with Gasteiger partial charge in [0.1, 0.15) is 18.4 Å². The first-order chi connectivity index (χ1) is 5.97. The molecule has 1 aromatic heterocycles. The second-order valence-corrected chi connectivity index (χ2v) is 6.45. The molecule has 0 aliphatic carbocycles. The third kappa shape index (κ3) is 2.16. The lowest BCUT2D eigenvalue weighted by Gasteiger charge is -2.09. The number of pyridine rings is 1. The van der Waals surface area contributed by atoms with E-state index in [1.165, 1.54) is 12.1 Å². The number of hydrogen-bond donors (Lipinski definition) is 0. The Labute approximate surface area is 77.6 Å². The minimum absolute atomic E-state index is 0.313. The largest absolute Gasteiger partial charge is 0.317 e. The normalized spacial score (nSPS) is 15.4. The molecule has 0 amide bonds. The van der Waals surface area contributed by atoms with Crippen molar-refractivity contribution in [3.63, 3.8) is 0 Å². The zero-order valence-electron chi connectivity index (χ0n) is 8.04. The van der Waals surface area contributed by atoms with Gasteiger partial charge in [-0.05, 0) is 25.7 Å². The molecule has 13 heavy (non-hydrogen) atoms. The SMILES string of the molecule is CCP(C)(=O)c1ccc(F)c(C)n1. The molecule has 0 aliphatic heterocycles. The van der Waals surface area contributed by atoms with E-state index in [1.807, 2.05) is 6.92 Å². The summed E-state index contributed by atoms with van der Waals surface area (Å²) in [6, 6.07) is 2.83. The lowest BCUT2D eigenvalue weighted by molar-refractivity contribution is 0.584. The second kappa shape index (κ2) is 3.59. The molecule has 0 saturated carbocycles. The molecule has 0 saturated heterocycles. The molecule has 1 heterocycles. The summed E-state index contributed by atoms with van der Waals surface area (Å²) in [6.45, 7) is 5.10. The van der Waals surface area contributed by atoms with E-state index in [2.05, 4.69) is 4.98 Å². The van der Waals surface area contributed by atoms with Crippen molar-refractivity contribution in [3.05, 3.63) is 23.6 Å². The van der Waals surface area contributed by atoms with Crippen molar-refractivity contribution >= 4 is 12.6 Å². The molecule has 1 unspecified atom stereocenters. The van der Waals surface area contributed by atoms with Crippen LogP contribution in [0.5, 0.6) is 0 Å². The van der Waals surface area contributed by atoms with E-state index in [-0.39, 0.29) is 5.82 Å². The summed E-state index contributed by atoms with van der Waals surface area (Å²) in [6.07, 6.45) is 0.561. The van der Waals surface area contributed by atoms with Crippen LogP contribution >= 0.6 is 7.14 Å². The minimum Gasteiger partial charge on any atom is -0.317 e. The fourth-order valence-corrected chi connectivity index (χ4v) is 2.03. The van der Waals surface area contributed by atoms with Gasteiger partial charge in [0.15, 0.2) is 0 Å². The van der Waals surface area contributed by atoms with Crippen LogP contribution in [0, 0.1) is 12.7 Å². The number of halogens is 1. The predicted molar refractivity (Wildman–Crippen MR) is 52.6 cm³/mol. The van der Waals surface area contributed by atoms with Crippen LogP contribution in [-0.2, 0) is 4.57 Å². The first-order valence-electron chi connectivity index (χ1n) is 4.17. The van der Waals surface area contributed by atoms with Crippen LogP contribution in [0.3, 0.4) is 0 Å². The van der Waals surface area contributed by atoms with Crippen LogP contribution in [0.4, 0.5) is 4.39 Å². The lowest BCUT2D eigenvalue weighted by Crippen LogP contribution is -2.12. The van der Waals surface area contributed by atoms with Gasteiger partial charge in [0.2, 0.25) is 0 Å². The molecule has 4 heteroatoms. The Morgan fingerprint density at radius 1 is 1.54 bits per heavy atom. The molecule has 1 atom stereocenters. The van der Waals surface area contributed by atoms with E-state index in [1.54, 1.807) is 13.6 Å². The van der Waals surface area contributed by atoms with Gasteiger partial charge >= 0.3 is 0 Å². The topological polar surface area (TPSA) is 30.0 Å². The van der Waals surface area contributed by atoms with E-state index in [0.717, 1.165) is 0 Å². The van der Waals surface area contributed by atoms with Crippen LogP contribution in [0.25, 0.3) is 0 Å². The van der Waals surface area contributed by atoms with E-state index >= 15 is 0 Å². The number of aromatic nitrogens is 1. The van der Waals surface area contributed by atoms with Crippen molar-refractivity contribution in [2.75, 3.05) is 12.8 Å². The van der Waals surface area contributed by atoms with E-state index in [0.29, 0.717) is 17.3 Å². The maximum atomic E-state index is 12.8. The van der Waals surface area contributed by atoms with Crippen LogP contribution in [0.15, 0.2) is 12.1 Å². The number of nitrogens with zero attached hydrogens (tertiary/aromatic N) is 1. The highest BCUT2D eigenvalue weighted by Crippen LogP contribution is 2.38. The van der Waals surface area contributed by atoms with E-state index < -0.39 is 7.14 Å². The summed E-state index contributed by atoms with van der Waals surface area (Å²) >= 11 is 0. The Morgan fingerprint density at radius 3 is 2.62 bits per heavy atom. The summed E-state index contributed by atoms with van der Waals surface area (Å²) < 4.78 is 24.7. The molecule has 0 aliphatic rings. The highest BCUT2D eigenvalue weighted by Gasteiger charge is 2.17. The molecule has 0 aromatic carbocycles. The number of rotatable bonds is 2. The maximum absolute atomic E-state index is 12.8. The van der Waals surface area contributed by atoms with Gasteiger partial charge in [-0.25, -0.2) is 9.37 Å². The van der Waals surface area contributed by atoms with E-state index in [9.17, 15) is 8.96 Å². The van der Waals surface area contributed by atoms with Crippen molar-refractivity contribution in [2.45, 2.75) is 13.8 Å². The number of aryl methyl sites for hydroxylation is 1. The highest BCUT2D eigenvalue weighted by molar-refractivity contribution is 7.70. The van der Waals surface area contributed by atoms with Crippen molar-refractivity contribution in [3.8, 4) is 0 Å². The average Bonchev–Trinajstić information content (AvgIpc) is 2.09. The Bertz CT molecular complexity index is 365. The summed E-state index contributed by atoms with van der Waals surface area (Å²) in [5.41, 5.74) is 0.835. The molecule has 1 rings (SSSR count). The quantitative estimate of drug-likeness (QED) is 0.686. The van der Waals surface area contributed by atoms with Gasteiger partial charge in [0.05, 0.1) is 5.69 Å². The molecule has 0 radical (unpaired) electrons. The Balaban J connectivity index is 3.18. The summed E-state index contributed by atoms with van der Waals surface area (Å²) in [5.74, 6) is -0.347. The average molecular weight is 201 g/mol. The molecular formula is C9H13FNOP. The minimum atomic E-state index is -2.35. The summed E-state index contributed by atoms with van der Waals surface area (Å²) in [4.78, 5) is 3.98. The van der Waals surface area contributed by atoms with Crippen LogP contribution in [-0.4, -0.2) is 17.8 Å². The van der Waals surface area contributed by atoms with Crippen molar-refractivity contribution in [1.29, 1.82) is 0 Å². The Hall–Kier alpha value is -0.690. The summed E-state index contributed by atoms with van der Waals surface area (Å²) in [5, 5.41) is 0. The smallest absolute Gasteiger partial charge is 0.144 e. The number of hydrogen-bond acceptors (Lipinski definition) is 2. The van der Waals surface area contributed by atoms with Crippen molar-refractivity contribution in [2.24, 2.45) is 0 Å². The van der Waals surface area contributed by atoms with Crippen LogP contribution in [0.1, 0.15) is 12.6 Å². The second-order valence-electron chi connectivity index (χ2n) is 3.15. The predicted octanol–water partition coefficient (Wildman–Crippen LogP) is 2.17. The highest BCUT2D eigenvalue weighted by atomic mass is 31.2. The molecule has 72 valence electrons. The van der Waals surface area contributed by atoms with E-state index in [4.69, 9.17) is 0 Å². The van der Waals surface area contributed by atoms with Crippen molar-refractivity contribution < 1.29 is 8.96 Å². The fourth-order valence-electron chi connectivity index (χ4n) is 0.956. The van der Waals surface area contributed by atoms with Crippen molar-refractivity contribution in [1.82, 2.24) is 4.98 Å². The van der Waals surface area contributed by atoms with Gasteiger partial charge in [-0.2, -0.15) is 0 Å². The molecule has 0 fully saturated rings. The molecule has 1 aromatic rings. The zero-order valence-corrected chi connectivity index (χ0v) is 8.94. The third-order valence-corrected chi connectivity index (χ3v) is 4.52. The third-order valence-electron chi connectivity index (χ3n) is 2.09. The van der Waals surface area contributed by atoms with Gasteiger partial charge in [-0.1, -0.05) is 6.92 Å². The fraction of sp³-hybridized carbons (Fsp3) is 0.444. The van der Waals surface area contributed by atoms with Gasteiger partial charge in [-0.3, -0.25) is 0 Å². The van der Waals surface area contributed by atoms with Gasteiger partial charge < -0.3 is 4.57 Å². The molecule has 2 nitrogen and oxygen atoms in total.